The van der Waals surface area contributed by atoms with Crippen LogP contribution in [0.5, 0.6) is 0 Å². The number of esters is 1. The van der Waals surface area contributed by atoms with Crippen molar-refractivity contribution in [3.05, 3.63) is 92.0 Å². The van der Waals surface area contributed by atoms with E-state index in [4.69, 9.17) is 9.15 Å². The summed E-state index contributed by atoms with van der Waals surface area (Å²) >= 11 is 0.977. The van der Waals surface area contributed by atoms with Crippen molar-refractivity contribution in [3.63, 3.8) is 0 Å². The number of aromatic nitrogens is 1. The summed E-state index contributed by atoms with van der Waals surface area (Å²) in [7, 11) is 1.26. The third kappa shape index (κ3) is 2.93. The molecule has 0 radical (unpaired) electrons. The number of ether oxygens (including phenoxy) is 1. The number of benzene rings is 2. The van der Waals surface area contributed by atoms with Gasteiger partial charge in [0.05, 0.1) is 29.8 Å². The Morgan fingerprint density at radius 2 is 1.88 bits per heavy atom. The summed E-state index contributed by atoms with van der Waals surface area (Å²) in [6.45, 7) is 1.63. The maximum Gasteiger partial charge on any atom is 0.350 e. The molecule has 1 atom stereocenters. The van der Waals surface area contributed by atoms with E-state index >= 15 is 0 Å². The predicted octanol–water partition coefficient (Wildman–Crippen LogP) is 4.23. The Morgan fingerprint density at radius 3 is 2.59 bits per heavy atom. The molecule has 0 saturated heterocycles. The molecule has 5 rings (SSSR count). The highest BCUT2D eigenvalue weighted by Gasteiger charge is 2.45. The average molecular weight is 450 g/mol. The fourth-order valence-electron chi connectivity index (χ4n) is 3.84. The van der Waals surface area contributed by atoms with Crippen LogP contribution in [0, 0.1) is 12.7 Å². The van der Waals surface area contributed by atoms with Gasteiger partial charge in [0.15, 0.2) is 10.6 Å². The summed E-state index contributed by atoms with van der Waals surface area (Å²) < 4.78 is 24.3. The summed E-state index contributed by atoms with van der Waals surface area (Å²) in [4.78, 5) is 44.9. The number of rotatable bonds is 3. The lowest BCUT2D eigenvalue weighted by Gasteiger charge is -2.22. The molecule has 1 aliphatic heterocycles. The van der Waals surface area contributed by atoms with Crippen LogP contribution in [0.1, 0.15) is 43.1 Å². The van der Waals surface area contributed by atoms with Crippen LogP contribution in [0.25, 0.3) is 11.0 Å². The summed E-state index contributed by atoms with van der Waals surface area (Å²) in [5, 5.41) is 0.538. The fourth-order valence-corrected chi connectivity index (χ4v) is 4.86. The molecule has 0 spiro atoms. The van der Waals surface area contributed by atoms with Gasteiger partial charge in [0, 0.05) is 0 Å². The number of amides is 1. The van der Waals surface area contributed by atoms with Crippen molar-refractivity contribution in [1.82, 2.24) is 4.98 Å². The smallest absolute Gasteiger partial charge is 0.350 e. The number of hydrogen-bond donors (Lipinski definition) is 0. The quantitative estimate of drug-likeness (QED) is 0.434. The number of para-hydroxylation sites is 1. The van der Waals surface area contributed by atoms with Crippen molar-refractivity contribution in [2.45, 2.75) is 13.0 Å². The molecular weight excluding hydrogens is 435 g/mol. The minimum atomic E-state index is -0.894. The highest BCUT2D eigenvalue weighted by Crippen LogP contribution is 2.43. The molecular formula is C23H15FN2O5S. The lowest BCUT2D eigenvalue weighted by Crippen LogP contribution is -2.29. The molecule has 0 fully saturated rings. The summed E-state index contributed by atoms with van der Waals surface area (Å²) in [5.41, 5.74) is 0.979. The molecule has 3 heterocycles. The van der Waals surface area contributed by atoms with E-state index in [1.54, 1.807) is 31.2 Å². The first kappa shape index (κ1) is 20.1. The third-order valence-corrected chi connectivity index (χ3v) is 6.46. The van der Waals surface area contributed by atoms with E-state index in [-0.39, 0.29) is 32.3 Å². The molecule has 0 aliphatic carbocycles. The highest BCUT2D eigenvalue weighted by atomic mass is 32.1. The topological polar surface area (TPSA) is 89.7 Å². The Kier molecular flexibility index (Phi) is 4.63. The predicted molar refractivity (Wildman–Crippen MR) is 116 cm³/mol. The molecule has 4 aromatic rings. The normalized spacial score (nSPS) is 15.3. The second-order valence-corrected chi connectivity index (χ2v) is 8.18. The van der Waals surface area contributed by atoms with E-state index < -0.39 is 23.7 Å². The van der Waals surface area contributed by atoms with Gasteiger partial charge in [0.1, 0.15) is 16.3 Å². The number of aryl methyl sites for hydroxylation is 1. The zero-order valence-electron chi connectivity index (χ0n) is 16.9. The molecule has 9 heteroatoms. The molecule has 7 nitrogen and oxygen atoms in total. The molecule has 32 heavy (non-hydrogen) atoms. The molecule has 0 unspecified atom stereocenters. The average Bonchev–Trinajstić information content (AvgIpc) is 3.31. The summed E-state index contributed by atoms with van der Waals surface area (Å²) in [6.07, 6.45) is 0. The van der Waals surface area contributed by atoms with Crippen LogP contribution in [0.3, 0.4) is 0 Å². The molecule has 2 aromatic carbocycles. The molecule has 0 N–H and O–H groups in total. The third-order valence-electron chi connectivity index (χ3n) is 5.33. The van der Waals surface area contributed by atoms with Gasteiger partial charge >= 0.3 is 5.97 Å². The SMILES string of the molecule is COC(=O)c1sc(N2C(=O)c3oc4ccccc4c(=O)c3[C@H]2c2ccc(F)cc2)nc1C. The Hall–Kier alpha value is -3.85. The highest BCUT2D eigenvalue weighted by molar-refractivity contribution is 7.17. The van der Waals surface area contributed by atoms with Crippen LogP contribution in [0.4, 0.5) is 9.52 Å². The number of nitrogens with zero attached hydrogens (tertiary/aromatic N) is 2. The Morgan fingerprint density at radius 1 is 1.16 bits per heavy atom. The van der Waals surface area contributed by atoms with Crippen LogP contribution >= 0.6 is 11.3 Å². The van der Waals surface area contributed by atoms with Crippen molar-refractivity contribution in [3.8, 4) is 0 Å². The van der Waals surface area contributed by atoms with Crippen LogP contribution in [-0.4, -0.2) is 24.0 Å². The van der Waals surface area contributed by atoms with E-state index in [1.807, 2.05) is 0 Å². The monoisotopic (exact) mass is 450 g/mol. The van der Waals surface area contributed by atoms with Crippen molar-refractivity contribution in [1.29, 1.82) is 0 Å². The number of methoxy groups -OCH3 is 1. The summed E-state index contributed by atoms with van der Waals surface area (Å²) in [5.74, 6) is -1.69. The minimum absolute atomic E-state index is 0.101. The van der Waals surface area contributed by atoms with Gasteiger partial charge in [-0.1, -0.05) is 35.6 Å². The molecule has 1 aliphatic rings. The molecule has 0 saturated carbocycles. The standard InChI is InChI=1S/C23H15FN2O5S/c1-11-20(22(29)30-2)32-23(25-11)26-17(12-7-9-13(24)10-8-12)16-18(27)14-5-3-4-6-15(14)31-19(16)21(26)28/h3-10,17H,1-2H3/t17-/m1/s1. The summed E-state index contributed by atoms with van der Waals surface area (Å²) in [6, 6.07) is 11.3. The minimum Gasteiger partial charge on any atom is -0.465 e. The van der Waals surface area contributed by atoms with Gasteiger partial charge in [-0.15, -0.1) is 0 Å². The van der Waals surface area contributed by atoms with Crippen molar-refractivity contribution in [2.75, 3.05) is 12.0 Å². The Labute approximate surface area is 184 Å². The van der Waals surface area contributed by atoms with E-state index in [0.717, 1.165) is 11.3 Å². The Balaban J connectivity index is 1.78. The maximum atomic E-state index is 13.6. The van der Waals surface area contributed by atoms with Gasteiger partial charge in [0.2, 0.25) is 5.76 Å². The van der Waals surface area contributed by atoms with Gasteiger partial charge in [-0.3, -0.25) is 14.5 Å². The lowest BCUT2D eigenvalue weighted by molar-refractivity contribution is 0.0605. The van der Waals surface area contributed by atoms with Crippen LogP contribution in [-0.2, 0) is 4.74 Å². The zero-order valence-corrected chi connectivity index (χ0v) is 17.7. The first-order valence-electron chi connectivity index (χ1n) is 9.61. The Bertz CT molecular complexity index is 1460. The van der Waals surface area contributed by atoms with Gasteiger partial charge in [-0.05, 0) is 36.8 Å². The number of fused-ring (bicyclic) bond motifs is 2. The number of halogens is 1. The molecule has 160 valence electrons. The van der Waals surface area contributed by atoms with E-state index in [1.165, 1.54) is 36.3 Å². The van der Waals surface area contributed by atoms with Crippen LogP contribution in [0.2, 0.25) is 0 Å². The molecule has 1 amide bonds. The van der Waals surface area contributed by atoms with Crippen molar-refractivity contribution in [2.24, 2.45) is 0 Å². The van der Waals surface area contributed by atoms with Crippen LogP contribution in [0.15, 0.2) is 57.7 Å². The lowest BCUT2D eigenvalue weighted by atomic mass is 9.99. The maximum absolute atomic E-state index is 13.6. The second kappa shape index (κ2) is 7.38. The molecule has 2 aromatic heterocycles. The number of hydrogen-bond acceptors (Lipinski definition) is 7. The second-order valence-electron chi connectivity index (χ2n) is 7.20. The van der Waals surface area contributed by atoms with E-state index in [2.05, 4.69) is 4.98 Å². The number of thiazole rings is 1. The molecule has 0 bridgehead atoms. The van der Waals surface area contributed by atoms with Crippen LogP contribution < -0.4 is 10.3 Å². The first-order chi connectivity index (χ1) is 15.4. The first-order valence-corrected chi connectivity index (χ1v) is 10.4. The van der Waals surface area contributed by atoms with Crippen molar-refractivity contribution >= 4 is 39.3 Å². The van der Waals surface area contributed by atoms with Gasteiger partial charge in [0.25, 0.3) is 5.91 Å². The van der Waals surface area contributed by atoms with Gasteiger partial charge in [-0.2, -0.15) is 0 Å². The van der Waals surface area contributed by atoms with Crippen molar-refractivity contribution < 1.29 is 23.1 Å². The zero-order chi connectivity index (χ0) is 22.6. The van der Waals surface area contributed by atoms with Gasteiger partial charge in [-0.25, -0.2) is 14.2 Å². The van der Waals surface area contributed by atoms with E-state index in [9.17, 15) is 18.8 Å². The van der Waals surface area contributed by atoms with Gasteiger partial charge < -0.3 is 9.15 Å². The largest absolute Gasteiger partial charge is 0.465 e. The fraction of sp³-hybridized carbons (Fsp3) is 0.130. The number of anilines is 1. The van der Waals surface area contributed by atoms with E-state index in [0.29, 0.717) is 16.6 Å². The number of carbonyl (C=O) groups is 2. The number of carbonyl (C=O) groups excluding carboxylic acids is 2.